The third kappa shape index (κ3) is 7.01. The van der Waals surface area contributed by atoms with Crippen molar-refractivity contribution in [3.63, 3.8) is 0 Å². The molecule has 5 nitrogen and oxygen atoms in total. The zero-order chi connectivity index (χ0) is 25.4. The summed E-state index contributed by atoms with van der Waals surface area (Å²) in [6.07, 6.45) is 2.11. The Labute approximate surface area is 212 Å². The summed E-state index contributed by atoms with van der Waals surface area (Å²) in [6, 6.07) is 25.9. The highest BCUT2D eigenvalue weighted by molar-refractivity contribution is 5.96. The van der Waals surface area contributed by atoms with Gasteiger partial charge in [-0.05, 0) is 29.8 Å². The minimum Gasteiger partial charge on any atom is -0.456 e. The van der Waals surface area contributed by atoms with Gasteiger partial charge < -0.3 is 14.5 Å². The summed E-state index contributed by atoms with van der Waals surface area (Å²) < 4.78 is 18.9. The van der Waals surface area contributed by atoms with Crippen LogP contribution in [-0.4, -0.2) is 48.5 Å². The van der Waals surface area contributed by atoms with Crippen LogP contribution in [0.5, 0.6) is 0 Å². The van der Waals surface area contributed by atoms with Gasteiger partial charge >= 0.3 is 5.97 Å². The number of anilines is 1. The number of quaternary nitrogens is 1. The number of fused-ring (bicyclic) bond motifs is 3. The molecule has 3 saturated heterocycles. The number of Topliss-reactive ketones (excluding diaryl/α,β-unsaturated/α-hetero) is 1. The lowest BCUT2D eigenvalue weighted by atomic mass is 9.83. The molecule has 0 aliphatic carbocycles. The molecule has 1 unspecified atom stereocenters. The van der Waals surface area contributed by atoms with Gasteiger partial charge in [-0.1, -0.05) is 60.7 Å². The van der Waals surface area contributed by atoms with Gasteiger partial charge in [0.2, 0.25) is 5.78 Å². The second-order valence-corrected chi connectivity index (χ2v) is 9.75. The van der Waals surface area contributed by atoms with E-state index in [1.807, 2.05) is 60.7 Å². The summed E-state index contributed by atoms with van der Waals surface area (Å²) in [5, 5.41) is 3.26. The molecule has 3 aromatic carbocycles. The predicted molar refractivity (Wildman–Crippen MR) is 139 cm³/mol. The van der Waals surface area contributed by atoms with E-state index in [1.165, 1.54) is 19.1 Å². The van der Waals surface area contributed by atoms with Gasteiger partial charge in [0.25, 0.3) is 0 Å². The number of carbonyl (C=O) groups excluding carboxylic acids is 2. The monoisotopic (exact) mass is 489 g/mol. The minimum absolute atomic E-state index is 0.00595. The maximum Gasteiger partial charge on any atom is 0.303 e. The number of nitrogens with zero attached hydrogens (tertiary/aromatic N) is 1. The molecule has 3 heterocycles. The number of ether oxygens (including phenoxy) is 1. The first-order valence-electron chi connectivity index (χ1n) is 12.6. The van der Waals surface area contributed by atoms with E-state index in [0.29, 0.717) is 19.0 Å². The molecule has 0 spiro atoms. The van der Waals surface area contributed by atoms with Crippen molar-refractivity contribution in [2.24, 2.45) is 5.92 Å². The number of halogens is 1. The Hall–Kier alpha value is -3.51. The summed E-state index contributed by atoms with van der Waals surface area (Å²) in [5.74, 6) is 0.276. The molecule has 6 heteroatoms. The number of carbonyl (C=O) groups is 2. The van der Waals surface area contributed by atoms with Crippen molar-refractivity contribution in [1.82, 2.24) is 0 Å². The van der Waals surface area contributed by atoms with E-state index in [2.05, 4.69) is 5.32 Å². The Kier molecular flexibility index (Phi) is 8.49. The first-order valence-corrected chi connectivity index (χ1v) is 12.6. The Morgan fingerprint density at radius 2 is 1.53 bits per heavy atom. The van der Waals surface area contributed by atoms with Crippen molar-refractivity contribution in [2.75, 3.05) is 31.5 Å². The Balaban J connectivity index is 0.000000179. The average molecular weight is 490 g/mol. The molecule has 6 rings (SSSR count). The topological polar surface area (TPSA) is 55.4 Å². The molecule has 3 aliphatic heterocycles. The van der Waals surface area contributed by atoms with Gasteiger partial charge in [-0.25, -0.2) is 4.39 Å². The number of piperidine rings is 3. The largest absolute Gasteiger partial charge is 0.456 e. The summed E-state index contributed by atoms with van der Waals surface area (Å²) >= 11 is 0. The maximum atomic E-state index is 12.6. The fourth-order valence-electron chi connectivity index (χ4n) is 5.17. The van der Waals surface area contributed by atoms with Gasteiger partial charge in [0.05, 0.1) is 13.1 Å². The van der Waals surface area contributed by atoms with E-state index in [1.54, 1.807) is 12.1 Å². The lowest BCUT2D eigenvalue weighted by Crippen LogP contribution is -2.65. The van der Waals surface area contributed by atoms with Gasteiger partial charge in [0.15, 0.2) is 6.10 Å². The van der Waals surface area contributed by atoms with E-state index in [-0.39, 0.29) is 23.7 Å². The predicted octanol–water partition coefficient (Wildman–Crippen LogP) is 5.48. The number of ketones is 1. The Morgan fingerprint density at radius 1 is 0.917 bits per heavy atom. The van der Waals surface area contributed by atoms with Crippen LogP contribution in [-0.2, 0) is 16.1 Å². The third-order valence-electron chi connectivity index (χ3n) is 7.12. The number of benzene rings is 3. The van der Waals surface area contributed by atoms with Crippen molar-refractivity contribution in [1.29, 1.82) is 0 Å². The highest BCUT2D eigenvalue weighted by Crippen LogP contribution is 2.35. The van der Waals surface area contributed by atoms with Crippen LogP contribution in [0.2, 0.25) is 0 Å². The second-order valence-electron chi connectivity index (χ2n) is 9.75. The summed E-state index contributed by atoms with van der Waals surface area (Å²) in [5.41, 5.74) is 2.92. The van der Waals surface area contributed by atoms with Crippen LogP contribution in [0, 0.1) is 11.7 Å². The van der Waals surface area contributed by atoms with Gasteiger partial charge in [-0.15, -0.1) is 0 Å². The van der Waals surface area contributed by atoms with Crippen molar-refractivity contribution < 1.29 is 23.2 Å². The van der Waals surface area contributed by atoms with Crippen LogP contribution in [0.15, 0.2) is 84.9 Å². The number of hydrogen-bond donors (Lipinski definition) is 1. The average Bonchev–Trinajstić information content (AvgIpc) is 2.90. The van der Waals surface area contributed by atoms with E-state index in [9.17, 15) is 14.0 Å². The van der Waals surface area contributed by atoms with Crippen molar-refractivity contribution in [2.45, 2.75) is 32.4 Å². The van der Waals surface area contributed by atoms with Crippen molar-refractivity contribution >= 4 is 17.4 Å². The standard InChI is InChI=1S/C17H22NO3.C13H12FN/c1-13(19)21-17-12-18(9-7-15(17)8-10-18)11-16(20)14-5-3-2-4-6-14;14-12-8-6-11(7-9-12)10-15-13-4-2-1-3-5-13/h2-6,15,17H,7-12H2,1H3;1-9,15H,10H2/q+1;. The quantitative estimate of drug-likeness (QED) is 0.271. The zero-order valence-corrected chi connectivity index (χ0v) is 20.7. The van der Waals surface area contributed by atoms with Crippen LogP contribution >= 0.6 is 0 Å². The molecule has 188 valence electrons. The summed E-state index contributed by atoms with van der Waals surface area (Å²) in [6.45, 7) is 5.56. The molecule has 0 saturated carbocycles. The van der Waals surface area contributed by atoms with Crippen LogP contribution in [0.25, 0.3) is 0 Å². The first kappa shape index (κ1) is 25.6. The van der Waals surface area contributed by atoms with Gasteiger partial charge in [0, 0.05) is 43.5 Å². The molecular formula is C30H34FN2O3+. The fraction of sp³-hybridized carbons (Fsp3) is 0.333. The van der Waals surface area contributed by atoms with Gasteiger partial charge in [-0.3, -0.25) is 9.59 Å². The fourth-order valence-corrected chi connectivity index (χ4v) is 5.17. The molecule has 0 radical (unpaired) electrons. The lowest BCUT2D eigenvalue weighted by Gasteiger charge is -2.51. The Bertz CT molecular complexity index is 1130. The van der Waals surface area contributed by atoms with Crippen molar-refractivity contribution in [3.8, 4) is 0 Å². The molecular weight excluding hydrogens is 455 g/mol. The molecule has 1 N–H and O–H groups in total. The van der Waals surface area contributed by atoms with Crippen LogP contribution in [0.1, 0.15) is 35.7 Å². The summed E-state index contributed by atoms with van der Waals surface area (Å²) in [7, 11) is 0. The normalized spacial score (nSPS) is 22.2. The smallest absolute Gasteiger partial charge is 0.303 e. The molecule has 3 fully saturated rings. The van der Waals surface area contributed by atoms with E-state index in [4.69, 9.17) is 4.74 Å². The molecule has 0 aromatic heterocycles. The number of para-hydroxylation sites is 1. The van der Waals surface area contributed by atoms with Gasteiger partial charge in [0.1, 0.15) is 18.9 Å². The van der Waals surface area contributed by atoms with Crippen molar-refractivity contribution in [3.05, 3.63) is 102 Å². The highest BCUT2D eigenvalue weighted by Gasteiger charge is 2.48. The van der Waals surface area contributed by atoms with Crippen LogP contribution in [0.3, 0.4) is 0 Å². The highest BCUT2D eigenvalue weighted by atomic mass is 19.1. The number of esters is 1. The van der Waals surface area contributed by atoms with E-state index in [0.717, 1.165) is 53.8 Å². The maximum absolute atomic E-state index is 12.6. The molecule has 36 heavy (non-hydrogen) atoms. The molecule has 2 bridgehead atoms. The number of nitrogens with one attached hydrogen (secondary N) is 1. The SMILES string of the molecule is CC(=O)OC1C[N+]2(CC(=O)c3ccccc3)CCC1CC2.Fc1ccc(CNc2ccccc2)cc1. The van der Waals surface area contributed by atoms with Gasteiger partial charge in [-0.2, -0.15) is 0 Å². The van der Waals surface area contributed by atoms with Crippen LogP contribution < -0.4 is 5.32 Å². The van der Waals surface area contributed by atoms with E-state index < -0.39 is 0 Å². The molecule has 1 atom stereocenters. The second kappa shape index (κ2) is 12.0. The van der Waals surface area contributed by atoms with Crippen LogP contribution in [0.4, 0.5) is 10.1 Å². The minimum atomic E-state index is -0.207. The molecule has 3 aromatic rings. The summed E-state index contributed by atoms with van der Waals surface area (Å²) in [4.78, 5) is 23.7. The molecule has 0 amide bonds. The zero-order valence-electron chi connectivity index (χ0n) is 20.7. The lowest BCUT2D eigenvalue weighted by molar-refractivity contribution is -0.938. The third-order valence-corrected chi connectivity index (χ3v) is 7.12. The van der Waals surface area contributed by atoms with E-state index >= 15 is 0 Å². The number of hydrogen-bond acceptors (Lipinski definition) is 4. The first-order chi connectivity index (χ1) is 17.4. The Morgan fingerprint density at radius 3 is 2.14 bits per heavy atom. The number of rotatable bonds is 7. The molecule has 3 aliphatic rings.